The van der Waals surface area contributed by atoms with E-state index in [4.69, 9.17) is 9.47 Å². The minimum Gasteiger partial charge on any atom is -0.466 e. The fraction of sp³-hybridized carbons (Fsp3) is 0.159. The summed E-state index contributed by atoms with van der Waals surface area (Å²) in [5, 5.41) is 0. The number of benzene rings is 14. The minimum absolute atomic E-state index is 0.0169. The Balaban J connectivity index is 0.000000132. The van der Waals surface area contributed by atoms with Crippen LogP contribution in [-0.4, -0.2) is 6.61 Å². The van der Waals surface area contributed by atoms with Gasteiger partial charge in [0.1, 0.15) is 5.75 Å². The number of anilines is 12. The Morgan fingerprint density at radius 2 is 0.566 bits per heavy atom. The molecular weight excluding hydrogens is 1370 g/mol. The van der Waals surface area contributed by atoms with Gasteiger partial charge in [0.15, 0.2) is 0 Å². The second kappa shape index (κ2) is 34.7. The monoisotopic (exact) mass is 1480 g/mol. The van der Waals surface area contributed by atoms with E-state index in [0.717, 1.165) is 63.3 Å². The molecule has 0 atom stereocenters. The molecule has 113 heavy (non-hydrogen) atoms. The Hall–Kier alpha value is -12.7. The first-order chi connectivity index (χ1) is 54.7. The van der Waals surface area contributed by atoms with E-state index in [2.05, 4.69) is 414 Å². The Morgan fingerprint density at radius 1 is 0.274 bits per heavy atom. The number of hydrogen-bond acceptors (Lipinski definition) is 6. The number of hydrogen-bond donors (Lipinski definition) is 0. The Kier molecular flexibility index (Phi) is 24.0. The average Bonchev–Trinajstić information content (AvgIpc) is 1.59. The number of nitrogens with zero attached hydrogens (tertiary/aromatic N) is 4. The maximum absolute atomic E-state index is 5.56. The molecule has 2 aliphatic rings. The van der Waals surface area contributed by atoms with Crippen LogP contribution in [-0.2, 0) is 22.2 Å². The zero-order valence-corrected chi connectivity index (χ0v) is 67.9. The van der Waals surface area contributed by atoms with Crippen LogP contribution in [0.15, 0.2) is 341 Å². The van der Waals surface area contributed by atoms with Gasteiger partial charge in [-0.25, -0.2) is 0 Å². The topological polar surface area (TPSA) is 31.4 Å². The molecule has 16 rings (SSSR count). The van der Waals surface area contributed by atoms with Crippen LogP contribution in [0.25, 0.3) is 34.4 Å². The van der Waals surface area contributed by atoms with Crippen molar-refractivity contribution in [2.24, 2.45) is 0 Å². The van der Waals surface area contributed by atoms with E-state index in [1.165, 1.54) is 129 Å². The molecule has 0 fully saturated rings. The van der Waals surface area contributed by atoms with E-state index in [1.54, 1.807) is 0 Å². The molecule has 0 spiro atoms. The van der Waals surface area contributed by atoms with Gasteiger partial charge in [-0.1, -0.05) is 223 Å². The molecule has 2 aliphatic carbocycles. The maximum Gasteiger partial charge on any atom is 0.128 e. The summed E-state index contributed by atoms with van der Waals surface area (Å²) in [7, 11) is 0. The molecular formula is C107H104N4O2. The Morgan fingerprint density at radius 3 is 0.920 bits per heavy atom. The largest absolute Gasteiger partial charge is 0.466 e. The molecule has 14 aromatic carbocycles. The molecule has 0 saturated carbocycles. The van der Waals surface area contributed by atoms with Crippen LogP contribution in [0, 0.1) is 55.4 Å². The van der Waals surface area contributed by atoms with Gasteiger partial charge >= 0.3 is 0 Å². The number of aryl methyl sites for hydroxylation is 8. The first-order valence-electron chi connectivity index (χ1n) is 39.3. The lowest BCUT2D eigenvalue weighted by molar-refractivity contribution is 0.134. The van der Waals surface area contributed by atoms with Crippen molar-refractivity contribution in [3.8, 4) is 28.0 Å². The predicted molar refractivity (Wildman–Crippen MR) is 484 cm³/mol. The van der Waals surface area contributed by atoms with E-state index in [-0.39, 0.29) is 10.8 Å². The number of ether oxygens (including phenoxy) is 2. The van der Waals surface area contributed by atoms with Gasteiger partial charge in [0.05, 0.1) is 12.9 Å². The van der Waals surface area contributed by atoms with E-state index < -0.39 is 0 Å². The van der Waals surface area contributed by atoms with Crippen molar-refractivity contribution in [2.45, 2.75) is 107 Å². The van der Waals surface area contributed by atoms with Gasteiger partial charge in [-0.2, -0.15) is 0 Å². The zero-order chi connectivity index (χ0) is 79.5. The van der Waals surface area contributed by atoms with Crippen LogP contribution in [0.2, 0.25) is 0 Å². The number of rotatable bonds is 19. The highest BCUT2D eigenvalue weighted by Gasteiger charge is 2.37. The molecule has 0 aliphatic heterocycles. The maximum atomic E-state index is 5.56. The molecule has 0 radical (unpaired) electrons. The summed E-state index contributed by atoms with van der Waals surface area (Å²) < 4.78 is 11.1. The van der Waals surface area contributed by atoms with Crippen molar-refractivity contribution in [3.05, 3.63) is 425 Å². The fourth-order valence-corrected chi connectivity index (χ4v) is 15.3. The second-order valence-corrected chi connectivity index (χ2v) is 30.6. The third-order valence-electron chi connectivity index (χ3n) is 22.4. The van der Waals surface area contributed by atoms with Crippen molar-refractivity contribution in [1.29, 1.82) is 0 Å². The van der Waals surface area contributed by atoms with Crippen molar-refractivity contribution in [2.75, 3.05) is 26.2 Å². The van der Waals surface area contributed by atoms with Gasteiger partial charge < -0.3 is 29.1 Å². The summed E-state index contributed by atoms with van der Waals surface area (Å²) in [5.41, 5.74) is 38.5. The zero-order valence-electron chi connectivity index (χ0n) is 67.9. The molecule has 0 N–H and O–H groups in total. The van der Waals surface area contributed by atoms with E-state index >= 15 is 0 Å². The summed E-state index contributed by atoms with van der Waals surface area (Å²) in [5.74, 6) is 0.766. The summed E-state index contributed by atoms with van der Waals surface area (Å²) in [4.78, 5) is 9.23. The highest BCUT2D eigenvalue weighted by molar-refractivity contribution is 5.88. The first-order valence-corrected chi connectivity index (χ1v) is 39.3. The van der Waals surface area contributed by atoms with Crippen LogP contribution in [0.5, 0.6) is 5.75 Å². The molecule has 0 heterocycles. The van der Waals surface area contributed by atoms with Crippen LogP contribution in [0.1, 0.15) is 118 Å². The van der Waals surface area contributed by atoms with Crippen LogP contribution in [0.3, 0.4) is 0 Å². The van der Waals surface area contributed by atoms with Crippen molar-refractivity contribution < 1.29 is 9.47 Å². The fourth-order valence-electron chi connectivity index (χ4n) is 15.3. The SMILES string of the molecule is C=COc1cccc(N(c2ccccc2)c2ccc3c(c2)C(C)(C)c2ccccc2-3)c1.C=Cc1ccc(N(c2ccc(C)c(C)c2)c2ccc(C)c(C)c2)cc1.C=Cc1ccc(N(c2ccccc2)c2ccc3c(c2)C(C)(C)c2ccccc2-3)cc1.CCOCc1ccc(N(c2ccc(C)c(C)c2)c2ccc(C)c(C)c2)cc1. The lowest BCUT2D eigenvalue weighted by Gasteiger charge is -2.28. The van der Waals surface area contributed by atoms with Crippen molar-refractivity contribution in [1.82, 2.24) is 0 Å². The minimum atomic E-state index is -0.0436. The Bertz CT molecular complexity index is 5590. The van der Waals surface area contributed by atoms with Gasteiger partial charge in [-0.05, 0) is 314 Å². The van der Waals surface area contributed by atoms with Crippen LogP contribution in [0.4, 0.5) is 68.2 Å². The number of para-hydroxylation sites is 2. The van der Waals surface area contributed by atoms with Gasteiger partial charge in [-0.3, -0.25) is 0 Å². The summed E-state index contributed by atoms with van der Waals surface area (Å²) in [6.45, 7) is 41.4. The van der Waals surface area contributed by atoms with Crippen LogP contribution < -0.4 is 24.3 Å². The molecule has 6 nitrogen and oxygen atoms in total. The summed E-state index contributed by atoms with van der Waals surface area (Å²) in [6, 6.07) is 113. The van der Waals surface area contributed by atoms with Crippen LogP contribution >= 0.6 is 0 Å². The predicted octanol–water partition coefficient (Wildman–Crippen LogP) is 30.1. The quantitative estimate of drug-likeness (QED) is 0.0750. The van der Waals surface area contributed by atoms with E-state index in [0.29, 0.717) is 6.61 Å². The normalized spacial score (nSPS) is 12.1. The second-order valence-electron chi connectivity index (χ2n) is 30.6. The molecule has 0 aromatic heterocycles. The van der Waals surface area contributed by atoms with Crippen molar-refractivity contribution >= 4 is 80.4 Å². The standard InChI is InChI=1S/C29H25NO.C29H25N.C25H29NO.C24H25N/c1-4-31-24-14-10-13-22(19-24)30(21-11-6-5-7-12-21)23-17-18-26-25-15-8-9-16-27(25)29(2,3)28(26)20-23;1-4-21-14-16-23(17-15-21)30(22-10-6-5-7-11-22)24-18-19-26-25-12-8-9-13-27(25)29(2,3)28(26)20-24;1-6-27-17-22-9-13-23(14-10-22)26(24-11-7-18(2)20(4)15-24)25-12-8-19(3)21(5)16-25;1-6-21-9-13-22(14-10-21)25(23-11-7-17(2)19(4)15-23)24-12-8-18(3)20(5)16-24/h4-20H,1H2,2-3H3;4-20H,1H2,2-3H3;7-16H,6,17H2,1-5H3;6-16H,1H2,2-5H3. The smallest absolute Gasteiger partial charge is 0.128 e. The van der Waals surface area contributed by atoms with Crippen molar-refractivity contribution in [3.63, 3.8) is 0 Å². The lowest BCUT2D eigenvalue weighted by Crippen LogP contribution is -2.16. The third-order valence-corrected chi connectivity index (χ3v) is 22.4. The lowest BCUT2D eigenvalue weighted by atomic mass is 9.82. The molecule has 6 heteroatoms. The first kappa shape index (κ1) is 78.4. The third kappa shape index (κ3) is 17.1. The van der Waals surface area contributed by atoms with Gasteiger partial charge in [0.2, 0.25) is 0 Å². The highest BCUT2D eigenvalue weighted by Crippen LogP contribution is 2.53. The summed E-state index contributed by atoms with van der Waals surface area (Å²) >= 11 is 0. The van der Waals surface area contributed by atoms with Gasteiger partial charge in [0, 0.05) is 91.8 Å². The Labute approximate surface area is 672 Å². The van der Waals surface area contributed by atoms with Gasteiger partial charge in [0.25, 0.3) is 0 Å². The molecule has 0 unspecified atom stereocenters. The molecule has 0 amide bonds. The summed E-state index contributed by atoms with van der Waals surface area (Å²) in [6.07, 6.45) is 5.22. The molecule has 0 bridgehead atoms. The molecule has 564 valence electrons. The number of fused-ring (bicyclic) bond motifs is 6. The molecule has 14 aromatic rings. The highest BCUT2D eigenvalue weighted by atomic mass is 16.5. The van der Waals surface area contributed by atoms with E-state index in [9.17, 15) is 0 Å². The molecule has 0 saturated heterocycles. The van der Waals surface area contributed by atoms with Gasteiger partial charge in [-0.15, -0.1) is 0 Å². The average molecular weight is 1480 g/mol. The van der Waals surface area contributed by atoms with E-state index in [1.807, 2.05) is 43.3 Å².